The van der Waals surface area contributed by atoms with Crippen LogP contribution >= 0.6 is 11.3 Å². The minimum Gasteiger partial charge on any atom is -0.381 e. The molecule has 0 saturated heterocycles. The molecule has 3 amide bonds. The average Bonchev–Trinajstić information content (AvgIpc) is 3.54. The lowest BCUT2D eigenvalue weighted by Gasteiger charge is -2.29. The molecule has 1 aromatic carbocycles. The summed E-state index contributed by atoms with van der Waals surface area (Å²) in [5.41, 5.74) is 4.34. The number of benzene rings is 1. The Balaban J connectivity index is 1.34. The van der Waals surface area contributed by atoms with Crippen LogP contribution in [0.1, 0.15) is 28.9 Å². The van der Waals surface area contributed by atoms with Crippen molar-refractivity contribution >= 4 is 50.6 Å². The van der Waals surface area contributed by atoms with Gasteiger partial charge in [-0.1, -0.05) is 31.4 Å². The Morgan fingerprint density at radius 3 is 2.71 bits per heavy atom. The molecule has 0 bridgehead atoms. The highest BCUT2D eigenvalue weighted by atomic mass is 32.1. The minimum atomic E-state index is -0.335. The van der Waals surface area contributed by atoms with Crippen molar-refractivity contribution in [1.29, 1.82) is 0 Å². The second kappa shape index (κ2) is 9.75. The molecule has 0 spiro atoms. The fraction of sp³-hybridized carbons (Fsp3) is 0.172. The Labute approximate surface area is 224 Å². The number of thiophene rings is 1. The summed E-state index contributed by atoms with van der Waals surface area (Å²) in [6, 6.07) is 14.9. The maximum absolute atomic E-state index is 13.5. The molecule has 1 saturated carbocycles. The Bertz CT molecular complexity index is 1580. The first-order chi connectivity index (χ1) is 18.5. The predicted molar refractivity (Wildman–Crippen MR) is 152 cm³/mol. The van der Waals surface area contributed by atoms with Crippen molar-refractivity contribution in [3.05, 3.63) is 90.7 Å². The number of anilines is 3. The molecule has 190 valence electrons. The number of hydrogen-bond acceptors (Lipinski definition) is 6. The fourth-order valence-corrected chi connectivity index (χ4v) is 6.20. The van der Waals surface area contributed by atoms with Gasteiger partial charge in [0.25, 0.3) is 5.91 Å². The van der Waals surface area contributed by atoms with Crippen LogP contribution in [0.4, 0.5) is 21.9 Å². The zero-order chi connectivity index (χ0) is 26.2. The maximum atomic E-state index is 13.5. The summed E-state index contributed by atoms with van der Waals surface area (Å²) in [6.07, 6.45) is 7.89. The molecule has 1 aliphatic heterocycles. The lowest BCUT2D eigenvalue weighted by atomic mass is 10.1. The molecule has 8 nitrogen and oxygen atoms in total. The van der Waals surface area contributed by atoms with E-state index in [-0.39, 0.29) is 24.0 Å². The van der Waals surface area contributed by atoms with Crippen LogP contribution in [-0.4, -0.2) is 34.0 Å². The highest BCUT2D eigenvalue weighted by Gasteiger charge is 2.35. The fourth-order valence-electron chi connectivity index (χ4n) is 5.18. The molecule has 2 aliphatic rings. The van der Waals surface area contributed by atoms with Gasteiger partial charge < -0.3 is 16.0 Å². The number of nitrogens with one attached hydrogen (secondary N) is 3. The van der Waals surface area contributed by atoms with Gasteiger partial charge in [-0.2, -0.15) is 0 Å². The summed E-state index contributed by atoms with van der Waals surface area (Å²) < 4.78 is 0. The van der Waals surface area contributed by atoms with Crippen LogP contribution in [0.2, 0.25) is 0 Å². The Morgan fingerprint density at radius 1 is 1.08 bits per heavy atom. The van der Waals surface area contributed by atoms with Crippen LogP contribution in [0.25, 0.3) is 21.5 Å². The van der Waals surface area contributed by atoms with Gasteiger partial charge in [0.2, 0.25) is 0 Å². The molecule has 4 heterocycles. The largest absolute Gasteiger partial charge is 0.381 e. The third-order valence-corrected chi connectivity index (χ3v) is 8.06. The van der Waals surface area contributed by atoms with Crippen LogP contribution in [0.15, 0.2) is 85.9 Å². The second-order valence-corrected chi connectivity index (χ2v) is 10.3. The smallest absolute Gasteiger partial charge is 0.331 e. The average molecular weight is 523 g/mol. The van der Waals surface area contributed by atoms with Gasteiger partial charge in [0.05, 0.1) is 28.1 Å². The van der Waals surface area contributed by atoms with E-state index < -0.39 is 0 Å². The lowest BCUT2D eigenvalue weighted by Crippen LogP contribution is -2.46. The van der Waals surface area contributed by atoms with E-state index in [9.17, 15) is 9.59 Å². The SMILES string of the molecule is C=CC(=C)NC1CCC[C@H]1NC(=O)c1sc2nccc3c2c1NC(=O)N3c1cccc(-c2ccccn2)c1. The zero-order valence-electron chi connectivity index (χ0n) is 20.6. The number of urea groups is 1. The van der Waals surface area contributed by atoms with E-state index in [2.05, 4.69) is 39.1 Å². The third-order valence-electron chi connectivity index (χ3n) is 6.97. The number of nitrogens with zero attached hydrogens (tertiary/aromatic N) is 3. The summed E-state index contributed by atoms with van der Waals surface area (Å²) in [6.45, 7) is 7.69. The number of aromatic nitrogens is 2. The summed E-state index contributed by atoms with van der Waals surface area (Å²) in [5.74, 6) is -0.220. The molecule has 2 atom stereocenters. The van der Waals surface area contributed by atoms with Crippen molar-refractivity contribution in [2.75, 3.05) is 10.2 Å². The molecule has 9 heteroatoms. The van der Waals surface area contributed by atoms with Gasteiger partial charge in [-0.15, -0.1) is 11.3 Å². The zero-order valence-corrected chi connectivity index (χ0v) is 21.4. The molecule has 1 aliphatic carbocycles. The molecule has 4 aromatic rings. The Hall–Kier alpha value is -4.50. The molecule has 0 radical (unpaired) electrons. The quantitative estimate of drug-likeness (QED) is 0.259. The third kappa shape index (κ3) is 4.20. The molecule has 6 rings (SSSR count). The van der Waals surface area contributed by atoms with Crippen molar-refractivity contribution in [3.8, 4) is 11.3 Å². The van der Waals surface area contributed by atoms with Crippen LogP contribution in [-0.2, 0) is 0 Å². The number of carbonyl (C=O) groups excluding carboxylic acids is 2. The lowest BCUT2D eigenvalue weighted by molar-refractivity contribution is 0.0937. The van der Waals surface area contributed by atoms with Crippen LogP contribution in [0.5, 0.6) is 0 Å². The Morgan fingerprint density at radius 2 is 1.92 bits per heavy atom. The van der Waals surface area contributed by atoms with E-state index >= 15 is 0 Å². The topological polar surface area (TPSA) is 99.2 Å². The van der Waals surface area contributed by atoms with Gasteiger partial charge in [-0.3, -0.25) is 14.7 Å². The van der Waals surface area contributed by atoms with Crippen molar-refractivity contribution < 1.29 is 9.59 Å². The van der Waals surface area contributed by atoms with Gasteiger partial charge in [-0.25, -0.2) is 9.78 Å². The van der Waals surface area contributed by atoms with E-state index in [1.54, 1.807) is 23.4 Å². The number of carbonyl (C=O) groups is 2. The summed E-state index contributed by atoms with van der Waals surface area (Å²) in [7, 11) is 0. The standard InChI is InChI=1S/C29H26N6O2S/c1-3-17(2)32-21-11-7-12-22(21)33-27(36)26-25-24-23(13-15-31-28(24)38-26)35(29(37)34-25)19-9-6-8-18(16-19)20-10-4-5-14-30-20/h3-6,8-10,13-16,21-22,32H,1-2,7,11-12H2,(H,33,36)(H,34,37)/t21?,22-/m1/s1. The summed E-state index contributed by atoms with van der Waals surface area (Å²) in [4.78, 5) is 38.7. The highest BCUT2D eigenvalue weighted by Crippen LogP contribution is 2.46. The van der Waals surface area contributed by atoms with Crippen LogP contribution in [0, 0.1) is 0 Å². The van der Waals surface area contributed by atoms with E-state index in [1.165, 1.54) is 11.3 Å². The molecule has 3 aromatic heterocycles. The highest BCUT2D eigenvalue weighted by molar-refractivity contribution is 7.21. The number of hydrogen-bond donors (Lipinski definition) is 3. The maximum Gasteiger partial charge on any atom is 0.331 e. The van der Waals surface area contributed by atoms with Gasteiger partial charge in [0, 0.05) is 35.7 Å². The molecular formula is C29H26N6O2S. The first-order valence-electron chi connectivity index (χ1n) is 12.5. The van der Waals surface area contributed by atoms with E-state index in [0.717, 1.165) is 41.6 Å². The molecule has 1 unspecified atom stereocenters. The molecule has 1 fully saturated rings. The molecular weight excluding hydrogens is 496 g/mol. The number of amides is 3. The van der Waals surface area contributed by atoms with Crippen molar-refractivity contribution in [1.82, 2.24) is 20.6 Å². The van der Waals surface area contributed by atoms with Crippen molar-refractivity contribution in [2.24, 2.45) is 0 Å². The van der Waals surface area contributed by atoms with Gasteiger partial charge >= 0.3 is 6.03 Å². The number of allylic oxidation sites excluding steroid dienone is 1. The minimum absolute atomic E-state index is 0.0471. The first-order valence-corrected chi connectivity index (χ1v) is 13.3. The normalized spacial score (nSPS) is 18.2. The number of pyridine rings is 2. The Kier molecular flexibility index (Phi) is 6.13. The number of rotatable bonds is 7. The van der Waals surface area contributed by atoms with E-state index in [1.807, 2.05) is 48.5 Å². The molecule has 38 heavy (non-hydrogen) atoms. The van der Waals surface area contributed by atoms with Crippen LogP contribution < -0.4 is 20.9 Å². The summed E-state index contributed by atoms with van der Waals surface area (Å²) >= 11 is 1.28. The van der Waals surface area contributed by atoms with Gasteiger partial charge in [-0.05, 0) is 55.7 Å². The van der Waals surface area contributed by atoms with E-state index in [0.29, 0.717) is 26.8 Å². The van der Waals surface area contributed by atoms with Crippen molar-refractivity contribution in [3.63, 3.8) is 0 Å². The van der Waals surface area contributed by atoms with Gasteiger partial charge in [0.15, 0.2) is 0 Å². The van der Waals surface area contributed by atoms with Crippen molar-refractivity contribution in [2.45, 2.75) is 31.3 Å². The van der Waals surface area contributed by atoms with E-state index in [4.69, 9.17) is 0 Å². The monoisotopic (exact) mass is 522 g/mol. The van der Waals surface area contributed by atoms with Gasteiger partial charge in [0.1, 0.15) is 9.71 Å². The first kappa shape index (κ1) is 23.9. The van der Waals surface area contributed by atoms with Crippen LogP contribution in [0.3, 0.4) is 0 Å². The second-order valence-electron chi connectivity index (χ2n) is 9.34. The summed E-state index contributed by atoms with van der Waals surface area (Å²) in [5, 5.41) is 10.2. The predicted octanol–water partition coefficient (Wildman–Crippen LogP) is 5.98. The molecule has 3 N–H and O–H groups in total.